The van der Waals surface area contributed by atoms with E-state index in [0.29, 0.717) is 12.5 Å². The van der Waals surface area contributed by atoms with E-state index in [0.717, 1.165) is 38.0 Å². The minimum atomic E-state index is -0.0629. The highest BCUT2D eigenvalue weighted by molar-refractivity contribution is 5.48. The van der Waals surface area contributed by atoms with Crippen LogP contribution in [0.25, 0.3) is 0 Å². The maximum Gasteiger partial charge on any atom is 0.119 e. The van der Waals surface area contributed by atoms with E-state index in [1.165, 1.54) is 5.69 Å². The maximum absolute atomic E-state index is 9.53. The van der Waals surface area contributed by atoms with Gasteiger partial charge in [0.25, 0.3) is 0 Å². The highest BCUT2D eigenvalue weighted by Crippen LogP contribution is 2.27. The van der Waals surface area contributed by atoms with E-state index in [1.807, 2.05) is 19.1 Å². The Labute approximate surface area is 116 Å². The first-order chi connectivity index (χ1) is 9.19. The highest BCUT2D eigenvalue weighted by Gasteiger charge is 2.20. The molecule has 106 valence electrons. The quantitative estimate of drug-likeness (QED) is 0.886. The predicted octanol–water partition coefficient (Wildman–Crippen LogP) is 3.07. The van der Waals surface area contributed by atoms with Crippen molar-refractivity contribution in [3.63, 3.8) is 0 Å². The van der Waals surface area contributed by atoms with Crippen molar-refractivity contribution in [2.24, 2.45) is 5.92 Å². The van der Waals surface area contributed by atoms with Crippen molar-refractivity contribution in [3.8, 4) is 5.75 Å². The van der Waals surface area contributed by atoms with Crippen LogP contribution in [-0.4, -0.2) is 31.4 Å². The van der Waals surface area contributed by atoms with Crippen LogP contribution in [0.2, 0.25) is 0 Å². The van der Waals surface area contributed by atoms with Gasteiger partial charge in [0, 0.05) is 19.3 Å². The summed E-state index contributed by atoms with van der Waals surface area (Å²) in [5, 5.41) is 9.53. The Morgan fingerprint density at radius 1 is 1.16 bits per heavy atom. The average molecular weight is 263 g/mol. The molecule has 3 heteroatoms. The third kappa shape index (κ3) is 4.13. The van der Waals surface area contributed by atoms with Crippen LogP contribution in [0.5, 0.6) is 5.75 Å². The van der Waals surface area contributed by atoms with E-state index < -0.39 is 0 Å². The van der Waals surface area contributed by atoms with Crippen molar-refractivity contribution in [1.29, 1.82) is 0 Å². The van der Waals surface area contributed by atoms with E-state index in [2.05, 4.69) is 24.1 Å². The number of aliphatic hydroxyl groups excluding tert-OH is 1. The van der Waals surface area contributed by atoms with Crippen molar-refractivity contribution in [1.82, 2.24) is 0 Å². The minimum absolute atomic E-state index is 0.0629. The molecule has 0 aliphatic heterocycles. The lowest BCUT2D eigenvalue weighted by Crippen LogP contribution is -2.29. The highest BCUT2D eigenvalue weighted by atomic mass is 16.5. The molecule has 1 N–H and O–H groups in total. The molecule has 0 amide bonds. The fourth-order valence-electron chi connectivity index (χ4n) is 2.78. The molecule has 0 spiro atoms. The van der Waals surface area contributed by atoms with Crippen LogP contribution in [0.15, 0.2) is 24.3 Å². The van der Waals surface area contributed by atoms with Gasteiger partial charge in [0.1, 0.15) is 5.75 Å². The van der Waals surface area contributed by atoms with Crippen molar-refractivity contribution < 1.29 is 9.84 Å². The van der Waals surface area contributed by atoms with E-state index in [-0.39, 0.29) is 6.10 Å². The number of hydrogen-bond donors (Lipinski definition) is 1. The first-order valence-electron chi connectivity index (χ1n) is 7.31. The average Bonchev–Trinajstić information content (AvgIpc) is 2.42. The number of hydrogen-bond acceptors (Lipinski definition) is 3. The molecule has 0 aromatic heterocycles. The molecule has 0 atom stereocenters. The summed E-state index contributed by atoms with van der Waals surface area (Å²) >= 11 is 0. The first kappa shape index (κ1) is 14.2. The number of rotatable bonds is 5. The predicted molar refractivity (Wildman–Crippen MR) is 78.8 cm³/mol. The molecule has 0 bridgehead atoms. The Morgan fingerprint density at radius 2 is 1.79 bits per heavy atom. The minimum Gasteiger partial charge on any atom is -0.494 e. The molecule has 0 heterocycles. The van der Waals surface area contributed by atoms with Crippen LogP contribution in [0.4, 0.5) is 5.69 Å². The lowest BCUT2D eigenvalue weighted by molar-refractivity contribution is 0.110. The van der Waals surface area contributed by atoms with E-state index in [9.17, 15) is 5.11 Å². The summed E-state index contributed by atoms with van der Waals surface area (Å²) in [6.07, 6.45) is 4.14. The van der Waals surface area contributed by atoms with Gasteiger partial charge in [-0.15, -0.1) is 0 Å². The fourth-order valence-corrected chi connectivity index (χ4v) is 2.78. The summed E-state index contributed by atoms with van der Waals surface area (Å²) in [4.78, 5) is 2.30. The van der Waals surface area contributed by atoms with Gasteiger partial charge in [-0.05, 0) is 62.8 Å². The lowest BCUT2D eigenvalue weighted by Gasteiger charge is -2.30. The largest absolute Gasteiger partial charge is 0.494 e. The van der Waals surface area contributed by atoms with Gasteiger partial charge >= 0.3 is 0 Å². The summed E-state index contributed by atoms with van der Waals surface area (Å²) < 4.78 is 5.46. The van der Waals surface area contributed by atoms with Crippen molar-refractivity contribution in [2.45, 2.75) is 38.7 Å². The zero-order valence-corrected chi connectivity index (χ0v) is 12.0. The SMILES string of the molecule is CCOc1ccc(N(C)CC2CCC(O)CC2)cc1. The molecule has 0 unspecified atom stereocenters. The summed E-state index contributed by atoms with van der Waals surface area (Å²) in [5.74, 6) is 1.64. The van der Waals surface area contributed by atoms with Crippen LogP contribution in [0.3, 0.4) is 0 Å². The summed E-state index contributed by atoms with van der Waals surface area (Å²) in [6.45, 7) is 3.78. The molecule has 0 saturated heterocycles. The Balaban J connectivity index is 1.86. The van der Waals surface area contributed by atoms with Crippen molar-refractivity contribution in [2.75, 3.05) is 25.1 Å². The van der Waals surface area contributed by atoms with E-state index in [4.69, 9.17) is 4.74 Å². The van der Waals surface area contributed by atoms with Crippen LogP contribution in [0.1, 0.15) is 32.6 Å². The topological polar surface area (TPSA) is 32.7 Å². The first-order valence-corrected chi connectivity index (χ1v) is 7.31. The molecular weight excluding hydrogens is 238 g/mol. The standard InChI is InChI=1S/C16H25NO2/c1-3-19-16-10-6-14(7-11-16)17(2)12-13-4-8-15(18)9-5-13/h6-7,10-11,13,15,18H,3-5,8-9,12H2,1-2H3. The van der Waals surface area contributed by atoms with E-state index in [1.54, 1.807) is 0 Å². The second kappa shape index (κ2) is 6.80. The molecule has 1 saturated carbocycles. The number of benzene rings is 1. The molecule has 1 aliphatic rings. The molecule has 0 radical (unpaired) electrons. The number of aliphatic hydroxyl groups is 1. The van der Waals surface area contributed by atoms with Gasteiger partial charge in [-0.1, -0.05) is 0 Å². The zero-order valence-electron chi connectivity index (χ0n) is 12.0. The van der Waals surface area contributed by atoms with Crippen LogP contribution < -0.4 is 9.64 Å². The molecule has 1 aromatic rings. The van der Waals surface area contributed by atoms with Gasteiger partial charge in [-0.2, -0.15) is 0 Å². The monoisotopic (exact) mass is 263 g/mol. The third-order valence-corrected chi connectivity index (χ3v) is 3.94. The molecule has 1 aromatic carbocycles. The van der Waals surface area contributed by atoms with Gasteiger partial charge in [-0.25, -0.2) is 0 Å². The molecule has 1 aliphatic carbocycles. The molecular formula is C16H25NO2. The van der Waals surface area contributed by atoms with Crippen LogP contribution in [0, 0.1) is 5.92 Å². The van der Waals surface area contributed by atoms with Gasteiger partial charge in [0.15, 0.2) is 0 Å². The van der Waals surface area contributed by atoms with Crippen LogP contribution in [-0.2, 0) is 0 Å². The van der Waals surface area contributed by atoms with E-state index >= 15 is 0 Å². The molecule has 19 heavy (non-hydrogen) atoms. The Morgan fingerprint density at radius 3 is 2.37 bits per heavy atom. The Kier molecular flexibility index (Phi) is 5.08. The van der Waals surface area contributed by atoms with Gasteiger partial charge in [-0.3, -0.25) is 0 Å². The normalized spacial score (nSPS) is 23.1. The molecule has 2 rings (SSSR count). The third-order valence-electron chi connectivity index (χ3n) is 3.94. The van der Waals surface area contributed by atoms with Crippen molar-refractivity contribution >= 4 is 5.69 Å². The lowest BCUT2D eigenvalue weighted by atomic mass is 9.87. The maximum atomic E-state index is 9.53. The van der Waals surface area contributed by atoms with Gasteiger partial charge in [0.05, 0.1) is 12.7 Å². The summed E-state index contributed by atoms with van der Waals surface area (Å²) in [7, 11) is 2.14. The zero-order chi connectivity index (χ0) is 13.7. The fraction of sp³-hybridized carbons (Fsp3) is 0.625. The summed E-state index contributed by atoms with van der Waals surface area (Å²) in [6, 6.07) is 8.28. The van der Waals surface area contributed by atoms with Gasteiger partial charge in [0.2, 0.25) is 0 Å². The molecule has 3 nitrogen and oxygen atoms in total. The Hall–Kier alpha value is -1.22. The number of ether oxygens (including phenoxy) is 1. The van der Waals surface area contributed by atoms with Crippen molar-refractivity contribution in [3.05, 3.63) is 24.3 Å². The second-order valence-corrected chi connectivity index (χ2v) is 5.48. The number of nitrogens with zero attached hydrogens (tertiary/aromatic N) is 1. The molecule has 1 fully saturated rings. The second-order valence-electron chi connectivity index (χ2n) is 5.48. The summed E-state index contributed by atoms with van der Waals surface area (Å²) in [5.41, 5.74) is 1.23. The van der Waals surface area contributed by atoms with Gasteiger partial charge < -0.3 is 14.7 Å². The number of anilines is 1. The smallest absolute Gasteiger partial charge is 0.119 e. The van der Waals surface area contributed by atoms with Crippen LogP contribution >= 0.6 is 0 Å². The Bertz CT molecular complexity index is 369.